The highest BCUT2D eigenvalue weighted by Gasteiger charge is 2.24. The summed E-state index contributed by atoms with van der Waals surface area (Å²) in [5.74, 6) is -1.10. The Morgan fingerprint density at radius 2 is 1.68 bits per heavy atom. The van der Waals surface area contributed by atoms with Crippen LogP contribution in [0.4, 0.5) is 11.4 Å². The van der Waals surface area contributed by atoms with Crippen molar-refractivity contribution in [2.75, 3.05) is 25.1 Å². The molecule has 0 radical (unpaired) electrons. The number of methoxy groups -OCH3 is 1. The first kappa shape index (κ1) is 19.3. The van der Waals surface area contributed by atoms with Crippen LogP contribution in [0, 0.1) is 10.1 Å². The number of esters is 2. The van der Waals surface area contributed by atoms with Crippen molar-refractivity contribution in [3.05, 3.63) is 69.3 Å². The van der Waals surface area contributed by atoms with Crippen LogP contribution in [0.2, 0.25) is 0 Å². The molecule has 3 rings (SSSR count). The lowest BCUT2D eigenvalue weighted by Gasteiger charge is -2.17. The van der Waals surface area contributed by atoms with E-state index in [1.807, 2.05) is 4.90 Å². The Morgan fingerprint density at radius 3 is 2.29 bits per heavy atom. The number of nitro benzene ring substituents is 1. The Balaban J connectivity index is 1.69. The summed E-state index contributed by atoms with van der Waals surface area (Å²) in [5, 5.41) is 11.4. The van der Waals surface area contributed by atoms with E-state index in [9.17, 15) is 19.7 Å². The van der Waals surface area contributed by atoms with Gasteiger partial charge in [0.1, 0.15) is 12.3 Å². The van der Waals surface area contributed by atoms with Gasteiger partial charge in [0.05, 0.1) is 23.2 Å². The highest BCUT2D eigenvalue weighted by atomic mass is 16.6. The van der Waals surface area contributed by atoms with Crippen LogP contribution in [0.3, 0.4) is 0 Å². The Bertz CT molecular complexity index is 888. The van der Waals surface area contributed by atoms with E-state index >= 15 is 0 Å². The minimum Gasteiger partial charge on any atom is -0.465 e. The van der Waals surface area contributed by atoms with Crippen molar-refractivity contribution >= 4 is 23.3 Å². The standard InChI is InChI=1S/C20H20N2O6/c1-27-19(23)15-6-4-14(5-7-15)13-28-20(24)16-8-9-17(18(12-16)22(25)26)21-10-2-3-11-21/h4-9,12H,2-3,10-11,13H2,1H3. The molecular weight excluding hydrogens is 364 g/mol. The number of rotatable bonds is 6. The van der Waals surface area contributed by atoms with Crippen LogP contribution in [0.5, 0.6) is 0 Å². The van der Waals surface area contributed by atoms with Crippen molar-refractivity contribution in [2.24, 2.45) is 0 Å². The molecule has 8 nitrogen and oxygen atoms in total. The molecule has 1 aliphatic rings. The van der Waals surface area contributed by atoms with Crippen molar-refractivity contribution in [3.8, 4) is 0 Å². The first-order valence-electron chi connectivity index (χ1n) is 8.87. The Hall–Kier alpha value is -3.42. The summed E-state index contributed by atoms with van der Waals surface area (Å²) in [6.45, 7) is 1.53. The van der Waals surface area contributed by atoms with Gasteiger partial charge in [0.25, 0.3) is 5.69 Å². The summed E-state index contributed by atoms with van der Waals surface area (Å²) >= 11 is 0. The lowest BCUT2D eigenvalue weighted by molar-refractivity contribution is -0.384. The second-order valence-electron chi connectivity index (χ2n) is 6.42. The highest BCUT2D eigenvalue weighted by Crippen LogP contribution is 2.31. The Labute approximate surface area is 161 Å². The number of nitrogens with zero attached hydrogens (tertiary/aromatic N) is 2. The third-order valence-electron chi connectivity index (χ3n) is 4.60. The van der Waals surface area contributed by atoms with Gasteiger partial charge in [0, 0.05) is 19.2 Å². The molecule has 0 N–H and O–H groups in total. The Morgan fingerprint density at radius 1 is 1.04 bits per heavy atom. The molecule has 2 aromatic carbocycles. The van der Waals surface area contributed by atoms with Crippen LogP contribution < -0.4 is 4.90 Å². The number of carbonyl (C=O) groups excluding carboxylic acids is 2. The zero-order valence-electron chi connectivity index (χ0n) is 15.4. The molecule has 0 aromatic heterocycles. The molecule has 0 bridgehead atoms. The molecule has 2 aromatic rings. The van der Waals surface area contributed by atoms with Gasteiger partial charge in [-0.3, -0.25) is 10.1 Å². The average Bonchev–Trinajstić information content (AvgIpc) is 3.26. The number of anilines is 1. The van der Waals surface area contributed by atoms with Crippen molar-refractivity contribution in [3.63, 3.8) is 0 Å². The molecule has 0 amide bonds. The molecule has 146 valence electrons. The summed E-state index contributed by atoms with van der Waals surface area (Å²) in [6, 6.07) is 10.9. The van der Waals surface area contributed by atoms with Gasteiger partial charge in [0.2, 0.25) is 0 Å². The number of carbonyl (C=O) groups is 2. The van der Waals surface area contributed by atoms with Crippen LogP contribution in [-0.4, -0.2) is 37.1 Å². The second-order valence-corrected chi connectivity index (χ2v) is 6.42. The summed E-state index contributed by atoms with van der Waals surface area (Å²) < 4.78 is 9.88. The van der Waals surface area contributed by atoms with Gasteiger partial charge in [-0.25, -0.2) is 9.59 Å². The van der Waals surface area contributed by atoms with Crippen molar-refractivity contribution < 1.29 is 24.0 Å². The van der Waals surface area contributed by atoms with E-state index in [1.54, 1.807) is 36.4 Å². The molecule has 0 atom stereocenters. The molecule has 1 heterocycles. The quantitative estimate of drug-likeness (QED) is 0.428. The van der Waals surface area contributed by atoms with Crippen molar-refractivity contribution in [1.82, 2.24) is 0 Å². The van der Waals surface area contributed by atoms with E-state index in [2.05, 4.69) is 4.74 Å². The van der Waals surface area contributed by atoms with Crippen LogP contribution >= 0.6 is 0 Å². The van der Waals surface area contributed by atoms with E-state index in [-0.39, 0.29) is 17.9 Å². The summed E-state index contributed by atoms with van der Waals surface area (Å²) in [7, 11) is 1.30. The maximum Gasteiger partial charge on any atom is 0.338 e. The average molecular weight is 384 g/mol. The second kappa shape index (κ2) is 8.51. The van der Waals surface area contributed by atoms with E-state index in [0.717, 1.165) is 25.9 Å². The SMILES string of the molecule is COC(=O)c1ccc(COC(=O)c2ccc(N3CCCC3)c([N+](=O)[O-])c2)cc1. The minimum absolute atomic E-state index is 0.0119. The van der Waals surface area contributed by atoms with Crippen LogP contribution in [0.25, 0.3) is 0 Å². The first-order chi connectivity index (χ1) is 13.5. The largest absolute Gasteiger partial charge is 0.465 e. The Kier molecular flexibility index (Phi) is 5.88. The molecule has 0 unspecified atom stereocenters. The van der Waals surface area contributed by atoms with Crippen molar-refractivity contribution in [2.45, 2.75) is 19.4 Å². The molecule has 1 fully saturated rings. The predicted molar refractivity (Wildman–Crippen MR) is 101 cm³/mol. The van der Waals surface area contributed by atoms with E-state index in [0.29, 0.717) is 16.8 Å². The molecule has 28 heavy (non-hydrogen) atoms. The molecule has 0 spiro atoms. The number of hydrogen-bond acceptors (Lipinski definition) is 7. The van der Waals surface area contributed by atoms with Gasteiger partial charge in [-0.1, -0.05) is 12.1 Å². The van der Waals surface area contributed by atoms with Crippen LogP contribution in [0.1, 0.15) is 39.1 Å². The maximum atomic E-state index is 12.3. The summed E-state index contributed by atoms with van der Waals surface area (Å²) in [5.41, 5.74) is 1.63. The molecule has 8 heteroatoms. The van der Waals surface area contributed by atoms with Gasteiger partial charge in [-0.05, 0) is 42.7 Å². The summed E-state index contributed by atoms with van der Waals surface area (Å²) in [4.78, 5) is 36.6. The number of hydrogen-bond donors (Lipinski definition) is 0. The minimum atomic E-state index is -0.645. The number of benzene rings is 2. The fraction of sp³-hybridized carbons (Fsp3) is 0.300. The summed E-state index contributed by atoms with van der Waals surface area (Å²) in [6.07, 6.45) is 1.99. The molecule has 0 aliphatic carbocycles. The number of ether oxygens (including phenoxy) is 2. The van der Waals surface area contributed by atoms with E-state index in [4.69, 9.17) is 4.74 Å². The normalized spacial score (nSPS) is 13.2. The molecule has 1 aliphatic heterocycles. The molecule has 1 saturated heterocycles. The fourth-order valence-electron chi connectivity index (χ4n) is 3.11. The van der Waals surface area contributed by atoms with Crippen LogP contribution in [0.15, 0.2) is 42.5 Å². The maximum absolute atomic E-state index is 12.3. The van der Waals surface area contributed by atoms with E-state index in [1.165, 1.54) is 13.2 Å². The van der Waals surface area contributed by atoms with Crippen molar-refractivity contribution in [1.29, 1.82) is 0 Å². The van der Waals surface area contributed by atoms with E-state index < -0.39 is 16.9 Å². The van der Waals surface area contributed by atoms with Gasteiger partial charge >= 0.3 is 11.9 Å². The fourth-order valence-corrected chi connectivity index (χ4v) is 3.11. The first-order valence-corrected chi connectivity index (χ1v) is 8.87. The zero-order chi connectivity index (χ0) is 20.1. The predicted octanol–water partition coefficient (Wildman–Crippen LogP) is 3.34. The van der Waals surface area contributed by atoms with Gasteiger partial charge in [-0.2, -0.15) is 0 Å². The van der Waals surface area contributed by atoms with Gasteiger partial charge in [0.15, 0.2) is 0 Å². The lowest BCUT2D eigenvalue weighted by Crippen LogP contribution is -2.19. The monoisotopic (exact) mass is 384 g/mol. The smallest absolute Gasteiger partial charge is 0.338 e. The van der Waals surface area contributed by atoms with Gasteiger partial charge < -0.3 is 14.4 Å². The zero-order valence-corrected chi connectivity index (χ0v) is 15.4. The topological polar surface area (TPSA) is 99.0 Å². The van der Waals surface area contributed by atoms with Gasteiger partial charge in [-0.15, -0.1) is 0 Å². The molecular formula is C20H20N2O6. The highest BCUT2D eigenvalue weighted by molar-refractivity contribution is 5.91. The third-order valence-corrected chi connectivity index (χ3v) is 4.60. The number of nitro groups is 1. The lowest BCUT2D eigenvalue weighted by atomic mass is 10.1. The molecule has 0 saturated carbocycles. The van der Waals surface area contributed by atoms with Crippen LogP contribution in [-0.2, 0) is 16.1 Å². The third kappa shape index (κ3) is 4.28.